The molecule has 0 bridgehead atoms. The van der Waals surface area contributed by atoms with Gasteiger partial charge in [0, 0.05) is 29.4 Å². The minimum atomic E-state index is -2.21. The Morgan fingerprint density at radius 3 is 2.31 bits per heavy atom. The molecule has 1 unspecified atom stereocenters. The highest BCUT2D eigenvalue weighted by molar-refractivity contribution is 5.87. The van der Waals surface area contributed by atoms with Crippen molar-refractivity contribution in [1.29, 1.82) is 0 Å². The van der Waals surface area contributed by atoms with E-state index in [1.54, 1.807) is 12.1 Å². The highest BCUT2D eigenvalue weighted by atomic mass is 16.8. The van der Waals surface area contributed by atoms with Gasteiger partial charge in [0.05, 0.1) is 19.8 Å². The van der Waals surface area contributed by atoms with Crippen molar-refractivity contribution in [2.24, 2.45) is 0 Å². The van der Waals surface area contributed by atoms with E-state index in [2.05, 4.69) is 0 Å². The number of carbonyl (C=O) groups excluding carboxylic acids is 1. The molecule has 5 aliphatic rings. The van der Waals surface area contributed by atoms with Gasteiger partial charge in [0.15, 0.2) is 41.0 Å². The number of hydrogen-bond donors (Lipinski definition) is 12. The monoisotopic (exact) mass is 860 g/mol. The topological polar surface area (TPSA) is 334 Å². The summed E-state index contributed by atoms with van der Waals surface area (Å²) in [5, 5.41) is 125. The van der Waals surface area contributed by atoms with E-state index >= 15 is 0 Å². The second-order valence-electron chi connectivity index (χ2n) is 14.7. The molecule has 1 aliphatic carbocycles. The fourth-order valence-corrected chi connectivity index (χ4v) is 6.83. The minimum Gasteiger partial charge on any atom is -0.508 e. The highest BCUT2D eigenvalue weighted by Crippen LogP contribution is 2.42. The largest absolute Gasteiger partial charge is 0.508 e. The number of ether oxygens (including phenoxy) is 8. The molecule has 3 saturated heterocycles. The van der Waals surface area contributed by atoms with Gasteiger partial charge in [-0.05, 0) is 48.0 Å². The molecule has 0 aromatic heterocycles. The molecule has 61 heavy (non-hydrogen) atoms. The number of esters is 1. The third-order valence-electron chi connectivity index (χ3n) is 10.3. The van der Waals surface area contributed by atoms with Crippen LogP contribution in [-0.4, -0.2) is 173 Å². The molecule has 4 aliphatic heterocycles. The summed E-state index contributed by atoms with van der Waals surface area (Å²) in [6.45, 7) is -2.64. The summed E-state index contributed by atoms with van der Waals surface area (Å²) in [4.78, 5) is 12.4. The van der Waals surface area contributed by atoms with Crippen LogP contribution in [0.3, 0.4) is 0 Å². The fraction of sp³-hybridized carbons (Fsp3) is 0.425. The van der Waals surface area contributed by atoms with Crippen LogP contribution in [0.15, 0.2) is 89.6 Å². The molecular formula is C40H44O21. The average molecular weight is 861 g/mol. The highest BCUT2D eigenvalue weighted by Gasteiger charge is 2.53. The molecule has 21 heteroatoms. The van der Waals surface area contributed by atoms with E-state index in [1.165, 1.54) is 36.4 Å². The van der Waals surface area contributed by atoms with Crippen LogP contribution in [0.4, 0.5) is 0 Å². The van der Waals surface area contributed by atoms with Crippen molar-refractivity contribution in [1.82, 2.24) is 0 Å². The van der Waals surface area contributed by atoms with Crippen molar-refractivity contribution in [3.8, 4) is 17.2 Å². The number of phenolic OH excluding ortho intramolecular Hbond substituents is 3. The number of rotatable bonds is 12. The maximum atomic E-state index is 12.4. The quantitative estimate of drug-likeness (QED) is 0.0632. The Kier molecular flexibility index (Phi) is 12.9. The predicted octanol–water partition coefficient (Wildman–Crippen LogP) is -1.86. The standard InChI is InChI=1S/C40H44O21/c41-13-28-31(49)32(50)33(51)37(60-28)58-26-11-20(43)10-25-21(26)12-27(34(57-25)18-4-7-22(44)23(45)9-18)59-38-35(30(48)24(46)14-54-38)61-39-36(52)40(53,16-56-39)15-55-29(47)8-3-17-1-5-19(42)6-2-17/h1-12,24-25,28,30-33,35-39,41-46,48-53H,13-16H2/b8-3+/t24-,25?,28+,30+,31+,32-,33+,35-,36+,37+,38+,39+,40+/m0/s1. The number of allylic oxidation sites excluding steroid dienone is 2. The van der Waals surface area contributed by atoms with Crippen molar-refractivity contribution in [3.05, 3.63) is 101 Å². The molecule has 3 fully saturated rings. The number of hydrogen-bond acceptors (Lipinski definition) is 21. The van der Waals surface area contributed by atoms with Gasteiger partial charge in [0.2, 0.25) is 12.6 Å². The van der Waals surface area contributed by atoms with Gasteiger partial charge in [-0.3, -0.25) is 0 Å². The van der Waals surface area contributed by atoms with E-state index in [0.717, 1.165) is 24.3 Å². The zero-order valence-corrected chi connectivity index (χ0v) is 31.7. The molecule has 12 N–H and O–H groups in total. The zero-order chi connectivity index (χ0) is 43.7. The SMILES string of the molecule is O=C(/C=C/c1ccc(O)cc1)OC[C@@]1(O)CO[C@H](O[C@@H]2[C@@H](OC3=C(c4ccc(O)c(O)c4)OC4C=C(O)C=C(O[C@@H]5O[C@H](CO)[C@@H](O)[C@H](O)[C@H]5O)C4=C3)OC[C@H](O)[C@H]2O)[C@H]1O. The van der Waals surface area contributed by atoms with E-state index < -0.39 is 129 Å². The molecule has 21 nitrogen and oxygen atoms in total. The number of fused-ring (bicyclic) bond motifs is 1. The lowest BCUT2D eigenvalue weighted by atomic mass is 9.96. The Morgan fingerprint density at radius 2 is 1.59 bits per heavy atom. The maximum absolute atomic E-state index is 12.4. The van der Waals surface area contributed by atoms with Gasteiger partial charge in [-0.1, -0.05) is 12.1 Å². The lowest BCUT2D eigenvalue weighted by Crippen LogP contribution is -2.59. The molecule has 0 spiro atoms. The van der Waals surface area contributed by atoms with Gasteiger partial charge in [-0.15, -0.1) is 0 Å². The van der Waals surface area contributed by atoms with Gasteiger partial charge in [-0.25, -0.2) is 4.79 Å². The average Bonchev–Trinajstić information content (AvgIpc) is 3.52. The second kappa shape index (κ2) is 18.0. The Labute approximate surface area is 345 Å². The Balaban J connectivity index is 1.13. The molecule has 13 atom stereocenters. The molecule has 0 saturated carbocycles. The summed E-state index contributed by atoms with van der Waals surface area (Å²) < 4.78 is 46.0. The molecule has 2 aromatic rings. The van der Waals surface area contributed by atoms with Gasteiger partial charge in [0.25, 0.3) is 0 Å². The van der Waals surface area contributed by atoms with Gasteiger partial charge in [0.1, 0.15) is 72.7 Å². The zero-order valence-electron chi connectivity index (χ0n) is 31.7. The summed E-state index contributed by atoms with van der Waals surface area (Å²) in [6.07, 6.45) is -13.8. The van der Waals surface area contributed by atoms with Crippen LogP contribution in [-0.2, 0) is 42.7 Å². The summed E-state index contributed by atoms with van der Waals surface area (Å²) in [5.74, 6) is -2.91. The van der Waals surface area contributed by atoms with Crippen LogP contribution >= 0.6 is 0 Å². The molecule has 330 valence electrons. The summed E-state index contributed by atoms with van der Waals surface area (Å²) in [6, 6.07) is 9.52. The van der Waals surface area contributed by atoms with Gasteiger partial charge >= 0.3 is 5.97 Å². The molecular weight excluding hydrogens is 816 g/mol. The van der Waals surface area contributed by atoms with E-state index in [9.17, 15) is 66.1 Å². The fourth-order valence-electron chi connectivity index (χ4n) is 6.83. The second-order valence-corrected chi connectivity index (χ2v) is 14.7. The van der Waals surface area contributed by atoms with Gasteiger partial charge in [-0.2, -0.15) is 0 Å². The lowest BCUT2D eigenvalue weighted by molar-refractivity contribution is -0.307. The number of benzene rings is 2. The normalized spacial score (nSPS) is 35.1. The first-order chi connectivity index (χ1) is 29.0. The van der Waals surface area contributed by atoms with Crippen LogP contribution in [0.2, 0.25) is 0 Å². The van der Waals surface area contributed by atoms with Crippen LogP contribution < -0.4 is 0 Å². The van der Waals surface area contributed by atoms with Crippen LogP contribution in [0.25, 0.3) is 11.8 Å². The Bertz CT molecular complexity index is 2080. The van der Waals surface area contributed by atoms with Crippen molar-refractivity contribution < 1.29 is 104 Å². The van der Waals surface area contributed by atoms with Crippen molar-refractivity contribution in [3.63, 3.8) is 0 Å². The van der Waals surface area contributed by atoms with Gasteiger partial charge < -0.3 is 99.2 Å². The minimum absolute atomic E-state index is 0.0253. The van der Waals surface area contributed by atoms with E-state index in [0.29, 0.717) is 5.56 Å². The van der Waals surface area contributed by atoms with E-state index in [-0.39, 0.29) is 34.2 Å². The summed E-state index contributed by atoms with van der Waals surface area (Å²) >= 11 is 0. The predicted molar refractivity (Wildman–Crippen MR) is 200 cm³/mol. The Morgan fingerprint density at radius 1 is 0.836 bits per heavy atom. The van der Waals surface area contributed by atoms with E-state index in [4.69, 9.17) is 37.9 Å². The van der Waals surface area contributed by atoms with Crippen molar-refractivity contribution in [2.45, 2.75) is 79.4 Å². The first-order valence-electron chi connectivity index (χ1n) is 18.8. The van der Waals surface area contributed by atoms with Crippen molar-refractivity contribution >= 4 is 17.8 Å². The molecule has 2 aromatic carbocycles. The number of aliphatic hydroxyl groups is 9. The van der Waals surface area contributed by atoms with Crippen LogP contribution in [0.5, 0.6) is 17.2 Å². The smallest absolute Gasteiger partial charge is 0.330 e. The summed E-state index contributed by atoms with van der Waals surface area (Å²) in [7, 11) is 0. The number of aromatic hydroxyl groups is 3. The number of phenols is 3. The Hall–Kier alpha value is -5.27. The third-order valence-corrected chi connectivity index (χ3v) is 10.3. The molecule has 7 rings (SSSR count). The van der Waals surface area contributed by atoms with Crippen molar-refractivity contribution in [2.75, 3.05) is 26.4 Å². The first-order valence-corrected chi connectivity index (χ1v) is 18.8. The molecule has 0 radical (unpaired) electrons. The van der Waals surface area contributed by atoms with Crippen LogP contribution in [0, 0.1) is 0 Å². The molecule has 0 amide bonds. The van der Waals surface area contributed by atoms with E-state index in [1.807, 2.05) is 0 Å². The number of aliphatic hydroxyl groups excluding tert-OH is 8. The third kappa shape index (κ3) is 9.33. The first kappa shape index (κ1) is 43.8. The van der Waals surface area contributed by atoms with Crippen LogP contribution in [0.1, 0.15) is 11.1 Å². The molecule has 4 heterocycles. The maximum Gasteiger partial charge on any atom is 0.330 e. The lowest BCUT2D eigenvalue weighted by Gasteiger charge is -2.41. The summed E-state index contributed by atoms with van der Waals surface area (Å²) in [5.41, 5.74) is -1.47. The number of carbonyl (C=O) groups is 1.